The summed E-state index contributed by atoms with van der Waals surface area (Å²) in [6.07, 6.45) is -4.37. The van der Waals surface area contributed by atoms with Crippen LogP contribution in [0.3, 0.4) is 0 Å². The van der Waals surface area contributed by atoms with E-state index >= 15 is 0 Å². The summed E-state index contributed by atoms with van der Waals surface area (Å²) in [6, 6.07) is 24.9. The molecule has 1 amide bonds. The van der Waals surface area contributed by atoms with Crippen molar-refractivity contribution >= 4 is 23.4 Å². The van der Waals surface area contributed by atoms with Crippen LogP contribution in [0.5, 0.6) is 0 Å². The fourth-order valence-corrected chi connectivity index (χ4v) is 4.88. The van der Waals surface area contributed by atoms with Crippen LogP contribution in [0.25, 0.3) is 0 Å². The van der Waals surface area contributed by atoms with Crippen LogP contribution in [-0.2, 0) is 11.0 Å². The average Bonchev–Trinajstić information content (AvgIpc) is 2.83. The number of halogens is 3. The summed E-state index contributed by atoms with van der Waals surface area (Å²) >= 11 is 1.52. The molecule has 1 aliphatic rings. The maximum atomic E-state index is 13.5. The summed E-state index contributed by atoms with van der Waals surface area (Å²) in [5.74, 6) is 0.0220. The Morgan fingerprint density at radius 3 is 2.06 bits per heavy atom. The second kappa shape index (κ2) is 9.69. The zero-order valence-corrected chi connectivity index (χ0v) is 18.1. The van der Waals surface area contributed by atoms with Gasteiger partial charge in [-0.1, -0.05) is 54.6 Å². The van der Waals surface area contributed by atoms with E-state index in [4.69, 9.17) is 0 Å². The minimum atomic E-state index is -4.37. The maximum Gasteiger partial charge on any atom is 0.416 e. The number of anilines is 1. The van der Waals surface area contributed by atoms with Gasteiger partial charge in [0.15, 0.2) is 0 Å². The molecule has 0 bridgehead atoms. The molecule has 4 rings (SSSR count). The molecule has 3 aromatic rings. The Kier molecular flexibility index (Phi) is 6.74. The summed E-state index contributed by atoms with van der Waals surface area (Å²) < 4.78 is 39.2. The fourth-order valence-electron chi connectivity index (χ4n) is 3.75. The molecule has 0 saturated carbocycles. The van der Waals surface area contributed by atoms with Gasteiger partial charge in [0, 0.05) is 36.8 Å². The van der Waals surface area contributed by atoms with Gasteiger partial charge in [0.05, 0.1) is 5.56 Å². The summed E-state index contributed by atoms with van der Waals surface area (Å²) in [7, 11) is 0. The van der Waals surface area contributed by atoms with E-state index in [1.165, 1.54) is 23.9 Å². The van der Waals surface area contributed by atoms with Gasteiger partial charge in [0.25, 0.3) is 0 Å². The van der Waals surface area contributed by atoms with Crippen molar-refractivity contribution in [3.05, 3.63) is 96.1 Å². The number of nitrogens with zero attached hydrogens (tertiary/aromatic N) is 2. The van der Waals surface area contributed by atoms with Gasteiger partial charge in [0.2, 0.25) is 5.91 Å². The molecule has 3 aromatic carbocycles. The van der Waals surface area contributed by atoms with Crippen LogP contribution < -0.4 is 4.90 Å². The molecule has 3 nitrogen and oxygen atoms in total. The molecular weight excluding hydrogens is 433 g/mol. The first-order valence-corrected chi connectivity index (χ1v) is 11.3. The Balaban J connectivity index is 1.47. The van der Waals surface area contributed by atoms with Crippen molar-refractivity contribution in [1.82, 2.24) is 4.90 Å². The summed E-state index contributed by atoms with van der Waals surface area (Å²) in [5.41, 5.74) is 0.814. The molecule has 1 atom stereocenters. The third-order valence-electron chi connectivity index (χ3n) is 5.45. The lowest BCUT2D eigenvalue weighted by Crippen LogP contribution is -2.49. The molecule has 7 heteroatoms. The van der Waals surface area contributed by atoms with Crippen LogP contribution in [-0.4, -0.2) is 37.0 Å². The molecule has 1 unspecified atom stereocenters. The van der Waals surface area contributed by atoms with Crippen molar-refractivity contribution in [2.24, 2.45) is 0 Å². The summed E-state index contributed by atoms with van der Waals surface area (Å²) in [5, 5.41) is -0.376. The molecule has 0 aliphatic carbocycles. The summed E-state index contributed by atoms with van der Waals surface area (Å²) in [6.45, 7) is 1.91. The van der Waals surface area contributed by atoms with Crippen LogP contribution in [0.15, 0.2) is 89.8 Å². The molecule has 166 valence electrons. The van der Waals surface area contributed by atoms with Crippen LogP contribution >= 0.6 is 11.8 Å². The van der Waals surface area contributed by atoms with Crippen molar-refractivity contribution in [2.75, 3.05) is 31.1 Å². The van der Waals surface area contributed by atoms with Crippen molar-refractivity contribution in [2.45, 2.75) is 16.3 Å². The molecule has 0 spiro atoms. The summed E-state index contributed by atoms with van der Waals surface area (Å²) in [4.78, 5) is 18.2. The molecule has 0 aromatic heterocycles. The monoisotopic (exact) mass is 456 g/mol. The lowest BCUT2D eigenvalue weighted by Gasteiger charge is -2.37. The number of hydrogen-bond acceptors (Lipinski definition) is 3. The Morgan fingerprint density at radius 2 is 1.44 bits per heavy atom. The normalized spacial score (nSPS) is 15.5. The number of piperazine rings is 1. The van der Waals surface area contributed by atoms with Crippen LogP contribution in [0.2, 0.25) is 0 Å². The maximum absolute atomic E-state index is 13.5. The molecule has 1 fully saturated rings. The predicted octanol–water partition coefficient (Wildman–Crippen LogP) is 5.89. The van der Waals surface area contributed by atoms with Crippen LogP contribution in [0.4, 0.5) is 18.9 Å². The molecule has 0 radical (unpaired) electrons. The highest BCUT2D eigenvalue weighted by Gasteiger charge is 2.32. The van der Waals surface area contributed by atoms with E-state index in [0.717, 1.165) is 16.5 Å². The smallest absolute Gasteiger partial charge is 0.368 e. The van der Waals surface area contributed by atoms with E-state index in [-0.39, 0.29) is 11.2 Å². The molecule has 32 heavy (non-hydrogen) atoms. The minimum absolute atomic E-state index is 0.0220. The highest BCUT2D eigenvalue weighted by atomic mass is 32.2. The number of carbonyl (C=O) groups is 1. The quantitative estimate of drug-likeness (QED) is 0.448. The molecule has 1 saturated heterocycles. The average molecular weight is 457 g/mol. The highest BCUT2D eigenvalue weighted by molar-refractivity contribution is 8.00. The van der Waals surface area contributed by atoms with Crippen molar-refractivity contribution in [1.29, 1.82) is 0 Å². The molecular formula is C25H23F3N2OS. The third-order valence-corrected chi connectivity index (χ3v) is 6.71. The van der Waals surface area contributed by atoms with Gasteiger partial charge >= 0.3 is 6.18 Å². The highest BCUT2D eigenvalue weighted by Crippen LogP contribution is 2.37. The number of hydrogen-bond donors (Lipinski definition) is 0. The molecule has 0 N–H and O–H groups in total. The first kappa shape index (κ1) is 22.3. The second-order valence-corrected chi connectivity index (χ2v) is 8.76. The van der Waals surface area contributed by atoms with Crippen LogP contribution in [0, 0.1) is 0 Å². The number of amides is 1. The van der Waals surface area contributed by atoms with Crippen LogP contribution in [0.1, 0.15) is 16.4 Å². The third kappa shape index (κ3) is 5.27. The van der Waals surface area contributed by atoms with Gasteiger partial charge in [-0.25, -0.2) is 0 Å². The van der Waals surface area contributed by atoms with Crippen molar-refractivity contribution in [3.63, 3.8) is 0 Å². The number of benzene rings is 3. The van der Waals surface area contributed by atoms with E-state index in [9.17, 15) is 18.0 Å². The Bertz CT molecular complexity index is 1040. The minimum Gasteiger partial charge on any atom is -0.368 e. The van der Waals surface area contributed by atoms with E-state index in [1.54, 1.807) is 6.07 Å². The first-order chi connectivity index (χ1) is 15.4. The number of carbonyl (C=O) groups excluding carboxylic acids is 1. The van der Waals surface area contributed by atoms with Crippen molar-refractivity contribution < 1.29 is 18.0 Å². The number of thioether (sulfide) groups is 1. The van der Waals surface area contributed by atoms with Gasteiger partial charge < -0.3 is 9.80 Å². The Morgan fingerprint density at radius 1 is 0.812 bits per heavy atom. The van der Waals surface area contributed by atoms with Gasteiger partial charge in [-0.05, 0) is 35.9 Å². The zero-order valence-electron chi connectivity index (χ0n) is 17.3. The standard InChI is InChI=1S/C25H23F3N2OS/c26-25(27,28)20-10-7-11-21(18-20)29-14-16-30(17-15-29)24(31)23(19-8-3-1-4-9-19)32-22-12-5-2-6-13-22/h1-13,18,23H,14-17H2. The Labute approximate surface area is 189 Å². The van der Waals surface area contributed by atoms with E-state index in [0.29, 0.717) is 31.9 Å². The Hall–Kier alpha value is -2.93. The fraction of sp³-hybridized carbons (Fsp3) is 0.240. The number of alkyl halides is 3. The molecule has 1 heterocycles. The van der Waals surface area contributed by atoms with E-state index in [2.05, 4.69) is 0 Å². The second-order valence-electron chi connectivity index (χ2n) is 7.58. The SMILES string of the molecule is O=C(C(Sc1ccccc1)c1ccccc1)N1CCN(c2cccc(C(F)(F)F)c2)CC1. The number of rotatable bonds is 5. The van der Waals surface area contributed by atoms with Gasteiger partial charge in [-0.2, -0.15) is 13.2 Å². The van der Waals surface area contributed by atoms with Crippen molar-refractivity contribution in [3.8, 4) is 0 Å². The largest absolute Gasteiger partial charge is 0.416 e. The van der Waals surface area contributed by atoms with Gasteiger partial charge in [-0.3, -0.25) is 4.79 Å². The predicted molar refractivity (Wildman–Crippen MR) is 122 cm³/mol. The van der Waals surface area contributed by atoms with E-state index in [1.807, 2.05) is 70.5 Å². The topological polar surface area (TPSA) is 23.6 Å². The van der Waals surface area contributed by atoms with Gasteiger partial charge in [0.1, 0.15) is 5.25 Å². The lowest BCUT2D eigenvalue weighted by molar-refractivity contribution is -0.137. The first-order valence-electron chi connectivity index (χ1n) is 10.4. The lowest BCUT2D eigenvalue weighted by atomic mass is 10.1. The van der Waals surface area contributed by atoms with Gasteiger partial charge in [-0.15, -0.1) is 11.8 Å². The van der Waals surface area contributed by atoms with E-state index < -0.39 is 11.7 Å². The zero-order chi connectivity index (χ0) is 22.6. The molecule has 1 aliphatic heterocycles.